The second-order valence-corrected chi connectivity index (χ2v) is 5.59. The van der Waals surface area contributed by atoms with E-state index < -0.39 is 0 Å². The molecule has 0 nitrogen and oxygen atoms in total. The molecule has 0 aromatic rings. The highest BCUT2D eigenvalue weighted by molar-refractivity contribution is 4.86. The molecule has 0 spiro atoms. The molecule has 0 aromatic heterocycles. The molecule has 0 aromatic carbocycles. The van der Waals surface area contributed by atoms with E-state index >= 15 is 0 Å². The van der Waals surface area contributed by atoms with Crippen molar-refractivity contribution in [2.24, 2.45) is 11.8 Å². The standard InChI is InChI=1S/C15H31/c1-6-7-8-9-10-15(14(4)5)12-11-13(2)3/h13,15H,6-12H2,1-5H3. The normalized spacial score (nSPS) is 13.8. The van der Waals surface area contributed by atoms with Crippen molar-refractivity contribution in [3.8, 4) is 0 Å². The monoisotopic (exact) mass is 211 g/mol. The van der Waals surface area contributed by atoms with Gasteiger partial charge in [0, 0.05) is 0 Å². The third-order valence-electron chi connectivity index (χ3n) is 3.32. The first-order valence-corrected chi connectivity index (χ1v) is 6.88. The van der Waals surface area contributed by atoms with E-state index in [9.17, 15) is 0 Å². The molecule has 1 radical (unpaired) electrons. The summed E-state index contributed by atoms with van der Waals surface area (Å²) in [5.41, 5.74) is 0. The van der Waals surface area contributed by atoms with Gasteiger partial charge >= 0.3 is 0 Å². The summed E-state index contributed by atoms with van der Waals surface area (Å²) in [4.78, 5) is 0. The van der Waals surface area contributed by atoms with E-state index in [4.69, 9.17) is 0 Å². The smallest absolute Gasteiger partial charge is 0.0272 e. The van der Waals surface area contributed by atoms with Crippen LogP contribution in [-0.2, 0) is 0 Å². The molecule has 1 unspecified atom stereocenters. The maximum Gasteiger partial charge on any atom is -0.0272 e. The lowest BCUT2D eigenvalue weighted by molar-refractivity contribution is 0.398. The van der Waals surface area contributed by atoms with E-state index in [1.54, 1.807) is 5.92 Å². The van der Waals surface area contributed by atoms with Gasteiger partial charge in [-0.3, -0.25) is 0 Å². The van der Waals surface area contributed by atoms with E-state index in [-0.39, 0.29) is 0 Å². The lowest BCUT2D eigenvalue weighted by Crippen LogP contribution is -2.08. The van der Waals surface area contributed by atoms with Crippen molar-refractivity contribution in [2.45, 2.75) is 79.6 Å². The van der Waals surface area contributed by atoms with E-state index in [1.165, 1.54) is 44.9 Å². The van der Waals surface area contributed by atoms with Crippen LogP contribution >= 0.6 is 0 Å². The lowest BCUT2D eigenvalue weighted by Gasteiger charge is -2.21. The van der Waals surface area contributed by atoms with Gasteiger partial charge in [-0.25, -0.2) is 0 Å². The van der Waals surface area contributed by atoms with Crippen LogP contribution < -0.4 is 0 Å². The Labute approximate surface area is 97.8 Å². The molecule has 0 saturated heterocycles. The van der Waals surface area contributed by atoms with Crippen molar-refractivity contribution in [1.29, 1.82) is 0 Å². The van der Waals surface area contributed by atoms with E-state index in [2.05, 4.69) is 34.6 Å². The van der Waals surface area contributed by atoms with Crippen LogP contribution in [0.2, 0.25) is 0 Å². The van der Waals surface area contributed by atoms with E-state index in [0.29, 0.717) is 0 Å². The van der Waals surface area contributed by atoms with Crippen LogP contribution in [0.25, 0.3) is 0 Å². The topological polar surface area (TPSA) is 0 Å². The summed E-state index contributed by atoms with van der Waals surface area (Å²) in [6.45, 7) is 11.6. The molecule has 0 heterocycles. The number of unbranched alkanes of at least 4 members (excludes halogenated alkanes) is 3. The maximum absolute atomic E-state index is 2.33. The van der Waals surface area contributed by atoms with Gasteiger partial charge in [0.15, 0.2) is 0 Å². The Morgan fingerprint density at radius 3 is 2.00 bits per heavy atom. The molecule has 0 rings (SSSR count). The zero-order valence-electron chi connectivity index (χ0n) is 11.6. The average molecular weight is 211 g/mol. The lowest BCUT2D eigenvalue weighted by atomic mass is 9.85. The Kier molecular flexibility index (Phi) is 9.24. The molecule has 0 fully saturated rings. The SMILES string of the molecule is CCCCCCC(CCC(C)C)[C](C)C. The van der Waals surface area contributed by atoms with Crippen LogP contribution in [0.3, 0.4) is 0 Å². The molecule has 91 valence electrons. The average Bonchev–Trinajstić information content (AvgIpc) is 2.15. The molecule has 1 atom stereocenters. The summed E-state index contributed by atoms with van der Waals surface area (Å²) in [6.07, 6.45) is 9.86. The first kappa shape index (κ1) is 15.0. The van der Waals surface area contributed by atoms with Crippen LogP contribution in [-0.4, -0.2) is 0 Å². The Morgan fingerprint density at radius 1 is 0.867 bits per heavy atom. The van der Waals surface area contributed by atoms with Gasteiger partial charge in [-0.05, 0) is 30.6 Å². The van der Waals surface area contributed by atoms with Crippen LogP contribution in [0.4, 0.5) is 0 Å². The number of rotatable bonds is 9. The van der Waals surface area contributed by atoms with Crippen molar-refractivity contribution in [1.82, 2.24) is 0 Å². The summed E-state index contributed by atoms with van der Waals surface area (Å²) in [6, 6.07) is 0. The quantitative estimate of drug-likeness (QED) is 0.434. The Bertz CT molecular complexity index is 124. The Morgan fingerprint density at radius 2 is 1.53 bits per heavy atom. The minimum Gasteiger partial charge on any atom is -0.0654 e. The van der Waals surface area contributed by atoms with Gasteiger partial charge in [0.05, 0.1) is 0 Å². The fourth-order valence-corrected chi connectivity index (χ4v) is 2.07. The Balaban J connectivity index is 3.64. The molecule has 0 aliphatic rings. The van der Waals surface area contributed by atoms with Gasteiger partial charge < -0.3 is 0 Å². The fraction of sp³-hybridized carbons (Fsp3) is 0.933. The molecule has 0 amide bonds. The van der Waals surface area contributed by atoms with Crippen LogP contribution in [0.5, 0.6) is 0 Å². The molecular formula is C15H31. The van der Waals surface area contributed by atoms with Crippen LogP contribution in [0.1, 0.15) is 79.6 Å². The third-order valence-corrected chi connectivity index (χ3v) is 3.32. The number of hydrogen-bond acceptors (Lipinski definition) is 0. The molecule has 0 N–H and O–H groups in total. The molecule has 0 bridgehead atoms. The first-order chi connectivity index (χ1) is 7.07. The molecular weight excluding hydrogens is 180 g/mol. The second-order valence-electron chi connectivity index (χ2n) is 5.59. The minimum atomic E-state index is 0.863. The van der Waals surface area contributed by atoms with Gasteiger partial charge in [0.1, 0.15) is 0 Å². The summed E-state index contributed by atoms with van der Waals surface area (Å²) in [5, 5.41) is 0. The maximum atomic E-state index is 2.33. The van der Waals surface area contributed by atoms with Gasteiger partial charge in [-0.1, -0.05) is 66.7 Å². The summed E-state index contributed by atoms with van der Waals surface area (Å²) >= 11 is 0. The zero-order chi connectivity index (χ0) is 11.7. The summed E-state index contributed by atoms with van der Waals surface area (Å²) in [7, 11) is 0. The molecule has 15 heavy (non-hydrogen) atoms. The van der Waals surface area contributed by atoms with Crippen LogP contribution in [0.15, 0.2) is 0 Å². The molecule has 0 aliphatic carbocycles. The summed E-state index contributed by atoms with van der Waals surface area (Å²) < 4.78 is 0. The minimum absolute atomic E-state index is 0.863. The molecule has 0 saturated carbocycles. The highest BCUT2D eigenvalue weighted by Gasteiger charge is 2.13. The predicted molar refractivity (Wildman–Crippen MR) is 70.9 cm³/mol. The van der Waals surface area contributed by atoms with Crippen molar-refractivity contribution >= 4 is 0 Å². The number of hydrogen-bond donors (Lipinski definition) is 0. The van der Waals surface area contributed by atoms with Gasteiger partial charge in [0.2, 0.25) is 0 Å². The fourth-order valence-electron chi connectivity index (χ4n) is 2.07. The predicted octanol–water partition coefficient (Wildman–Crippen LogP) is 5.62. The first-order valence-electron chi connectivity index (χ1n) is 6.88. The van der Waals surface area contributed by atoms with Crippen molar-refractivity contribution in [3.63, 3.8) is 0 Å². The van der Waals surface area contributed by atoms with Crippen molar-refractivity contribution in [3.05, 3.63) is 5.92 Å². The second kappa shape index (κ2) is 9.24. The van der Waals surface area contributed by atoms with Gasteiger partial charge in [-0.2, -0.15) is 0 Å². The molecule has 0 heteroatoms. The van der Waals surface area contributed by atoms with Crippen LogP contribution in [0, 0.1) is 17.8 Å². The third kappa shape index (κ3) is 8.96. The van der Waals surface area contributed by atoms with Gasteiger partial charge in [0.25, 0.3) is 0 Å². The highest BCUT2D eigenvalue weighted by atomic mass is 14.2. The van der Waals surface area contributed by atoms with E-state index in [1.807, 2.05) is 0 Å². The zero-order valence-corrected chi connectivity index (χ0v) is 11.6. The summed E-state index contributed by atoms with van der Waals surface area (Å²) in [5.74, 6) is 3.40. The largest absolute Gasteiger partial charge is 0.0654 e. The van der Waals surface area contributed by atoms with Crippen molar-refractivity contribution in [2.75, 3.05) is 0 Å². The molecule has 0 aliphatic heterocycles. The van der Waals surface area contributed by atoms with Gasteiger partial charge in [-0.15, -0.1) is 0 Å². The highest BCUT2D eigenvalue weighted by Crippen LogP contribution is 2.26. The Hall–Kier alpha value is 0. The van der Waals surface area contributed by atoms with Crippen molar-refractivity contribution < 1.29 is 0 Å². The van der Waals surface area contributed by atoms with E-state index in [0.717, 1.165) is 11.8 Å².